The fourth-order valence-corrected chi connectivity index (χ4v) is 3.39. The van der Waals surface area contributed by atoms with Gasteiger partial charge in [-0.15, -0.1) is 0 Å². The number of hydrogen-bond donors (Lipinski definition) is 3. The van der Waals surface area contributed by atoms with Crippen molar-refractivity contribution in [3.63, 3.8) is 0 Å². The van der Waals surface area contributed by atoms with Crippen LogP contribution in [-0.4, -0.2) is 53.4 Å². The van der Waals surface area contributed by atoms with E-state index in [0.29, 0.717) is 13.0 Å². The lowest BCUT2D eigenvalue weighted by Crippen LogP contribution is -2.22. The van der Waals surface area contributed by atoms with Gasteiger partial charge in [0.15, 0.2) is 11.5 Å². The molecular weight excluding hydrogens is 429 g/mol. The average Bonchev–Trinajstić information content (AvgIpc) is 3.33. The van der Waals surface area contributed by atoms with Crippen molar-refractivity contribution in [3.05, 3.63) is 47.3 Å². The van der Waals surface area contributed by atoms with Crippen molar-refractivity contribution in [1.29, 1.82) is 0 Å². The number of nitrogens with zero attached hydrogens (tertiary/aromatic N) is 4. The Morgan fingerprint density at radius 3 is 2.57 bits per heavy atom. The Morgan fingerprint density at radius 1 is 1.30 bits per heavy atom. The number of nitrogens with one attached hydrogen (secondary N) is 2. The van der Waals surface area contributed by atoms with Crippen molar-refractivity contribution in [2.24, 2.45) is 4.99 Å². The molecule has 1 aromatic heterocycles. The van der Waals surface area contributed by atoms with Gasteiger partial charge in [0.25, 0.3) is 0 Å². The fraction of sp³-hybridized carbons (Fsp3) is 0.312. The Morgan fingerprint density at radius 2 is 2.00 bits per heavy atom. The predicted molar refractivity (Wildman–Crippen MR) is 99.6 cm³/mol. The molecule has 10 nitrogen and oxygen atoms in total. The maximum Gasteiger partial charge on any atom is 0.416 e. The van der Waals surface area contributed by atoms with E-state index in [0.717, 1.165) is 36.1 Å². The normalized spacial score (nSPS) is 15.3. The molecule has 2 heterocycles. The summed E-state index contributed by atoms with van der Waals surface area (Å²) in [5.74, 6) is -0.113. The minimum absolute atomic E-state index is 0.0176. The number of rotatable bonds is 6. The third-order valence-electron chi connectivity index (χ3n) is 4.14. The zero-order valence-corrected chi connectivity index (χ0v) is 16.3. The Bertz CT molecular complexity index is 1060. The van der Waals surface area contributed by atoms with Crippen LogP contribution in [0.4, 0.5) is 24.7 Å². The molecular formula is C16H17F3N6O4S. The van der Waals surface area contributed by atoms with Crippen molar-refractivity contribution < 1.29 is 31.4 Å². The van der Waals surface area contributed by atoms with E-state index in [1.807, 2.05) is 5.48 Å². The van der Waals surface area contributed by atoms with Crippen molar-refractivity contribution in [2.75, 3.05) is 24.7 Å². The Hall–Kier alpha value is -3.13. The van der Waals surface area contributed by atoms with Crippen molar-refractivity contribution >= 4 is 27.4 Å². The van der Waals surface area contributed by atoms with Crippen LogP contribution in [0.25, 0.3) is 0 Å². The van der Waals surface area contributed by atoms with E-state index in [1.165, 1.54) is 10.5 Å². The predicted octanol–water partition coefficient (Wildman–Crippen LogP) is 2.11. The number of alkyl halides is 3. The molecule has 0 bridgehead atoms. The van der Waals surface area contributed by atoms with E-state index in [2.05, 4.69) is 25.3 Å². The van der Waals surface area contributed by atoms with Gasteiger partial charge in [-0.05, 0) is 46.6 Å². The van der Waals surface area contributed by atoms with Crippen LogP contribution in [0, 0.1) is 0 Å². The van der Waals surface area contributed by atoms with Gasteiger partial charge < -0.3 is 5.32 Å². The number of benzene rings is 1. The quantitative estimate of drug-likeness (QED) is 0.349. The monoisotopic (exact) mass is 446 g/mol. The molecule has 0 saturated carbocycles. The van der Waals surface area contributed by atoms with Gasteiger partial charge >= 0.3 is 6.18 Å². The highest BCUT2D eigenvalue weighted by Gasteiger charge is 2.30. The molecule has 1 aliphatic rings. The molecule has 14 heteroatoms. The maximum atomic E-state index is 12.7. The first-order chi connectivity index (χ1) is 14.1. The van der Waals surface area contributed by atoms with Gasteiger partial charge in [-0.3, -0.25) is 15.0 Å². The SMILES string of the molecule is CS(=O)(=O)N1C=C(CNc2nonc2C(=Nc2ccc(C(F)(F)F)cc2)NO)CC1. The van der Waals surface area contributed by atoms with Gasteiger partial charge in [0.05, 0.1) is 17.5 Å². The molecule has 162 valence electrons. The van der Waals surface area contributed by atoms with Crippen LogP contribution in [-0.2, 0) is 16.2 Å². The van der Waals surface area contributed by atoms with Crippen LogP contribution >= 0.6 is 0 Å². The Kier molecular flexibility index (Phi) is 5.98. The first-order valence-electron chi connectivity index (χ1n) is 8.47. The molecule has 0 atom stereocenters. The lowest BCUT2D eigenvalue weighted by molar-refractivity contribution is -0.137. The van der Waals surface area contributed by atoms with Gasteiger partial charge in [0, 0.05) is 19.3 Å². The Labute approximate surface area is 169 Å². The first kappa shape index (κ1) is 21.6. The molecule has 0 unspecified atom stereocenters. The van der Waals surface area contributed by atoms with Crippen LogP contribution in [0.2, 0.25) is 0 Å². The van der Waals surface area contributed by atoms with E-state index >= 15 is 0 Å². The molecule has 0 spiro atoms. The molecule has 30 heavy (non-hydrogen) atoms. The summed E-state index contributed by atoms with van der Waals surface area (Å²) < 4.78 is 67.0. The molecule has 1 aromatic carbocycles. The van der Waals surface area contributed by atoms with Crippen LogP contribution in [0.15, 0.2) is 45.7 Å². The number of amidine groups is 1. The summed E-state index contributed by atoms with van der Waals surface area (Å²) in [7, 11) is -3.33. The number of hydroxylamine groups is 1. The van der Waals surface area contributed by atoms with Crippen molar-refractivity contribution in [3.8, 4) is 0 Å². The highest BCUT2D eigenvalue weighted by Crippen LogP contribution is 2.30. The molecule has 2 aromatic rings. The average molecular weight is 446 g/mol. The summed E-state index contributed by atoms with van der Waals surface area (Å²) >= 11 is 0. The maximum absolute atomic E-state index is 12.7. The van der Waals surface area contributed by atoms with Gasteiger partial charge in [0.1, 0.15) is 0 Å². The lowest BCUT2D eigenvalue weighted by Gasteiger charge is -2.10. The van der Waals surface area contributed by atoms with Gasteiger partial charge in [-0.1, -0.05) is 0 Å². The summed E-state index contributed by atoms with van der Waals surface area (Å²) in [6.07, 6.45) is -1.34. The van der Waals surface area contributed by atoms with E-state index in [-0.39, 0.29) is 29.6 Å². The highest BCUT2D eigenvalue weighted by atomic mass is 32.2. The standard InChI is InChI=1S/C16H17F3N6O4S/c1-30(27,28)25-7-6-10(9-25)8-20-14-13(23-29-24-14)15(22-26)21-12-4-2-11(3-5-12)16(17,18)19/h2-5,9,26H,6-8H2,1H3,(H,20,24)(H,21,22). The molecule has 3 rings (SSSR count). The molecule has 0 saturated heterocycles. The zero-order valence-electron chi connectivity index (χ0n) is 15.5. The second kappa shape index (κ2) is 8.31. The number of anilines is 1. The van der Waals surface area contributed by atoms with Gasteiger partial charge in [0.2, 0.25) is 15.8 Å². The molecule has 0 aliphatic carbocycles. The molecule has 0 radical (unpaired) electrons. The molecule has 3 N–H and O–H groups in total. The van der Waals surface area contributed by atoms with Crippen molar-refractivity contribution in [2.45, 2.75) is 12.6 Å². The summed E-state index contributed by atoms with van der Waals surface area (Å²) in [5.41, 5.74) is 1.87. The fourth-order valence-electron chi connectivity index (χ4n) is 2.62. The van der Waals surface area contributed by atoms with Crippen molar-refractivity contribution in [1.82, 2.24) is 20.1 Å². The summed E-state index contributed by atoms with van der Waals surface area (Å²) in [5, 5.41) is 19.6. The van der Waals surface area contributed by atoms with Crippen LogP contribution in [0.1, 0.15) is 17.7 Å². The van der Waals surface area contributed by atoms with Crippen LogP contribution < -0.4 is 10.8 Å². The van der Waals surface area contributed by atoms with Crippen LogP contribution in [0.3, 0.4) is 0 Å². The van der Waals surface area contributed by atoms with Gasteiger partial charge in [-0.25, -0.2) is 18.0 Å². The molecule has 0 fully saturated rings. The molecule has 1 aliphatic heterocycles. The minimum Gasteiger partial charge on any atom is -0.361 e. The first-order valence-corrected chi connectivity index (χ1v) is 10.3. The smallest absolute Gasteiger partial charge is 0.361 e. The number of hydrogen-bond acceptors (Lipinski definition) is 8. The second-order valence-corrected chi connectivity index (χ2v) is 8.28. The number of halogens is 3. The Balaban J connectivity index is 1.75. The lowest BCUT2D eigenvalue weighted by atomic mass is 10.2. The number of sulfonamides is 1. The van der Waals surface area contributed by atoms with Crippen LogP contribution in [0.5, 0.6) is 0 Å². The number of aromatic nitrogens is 2. The van der Waals surface area contributed by atoms with E-state index in [4.69, 9.17) is 0 Å². The topological polar surface area (TPSA) is 133 Å². The summed E-state index contributed by atoms with van der Waals surface area (Å²) in [4.78, 5) is 4.01. The number of aliphatic imine (C=N–C) groups is 1. The third kappa shape index (κ3) is 5.07. The molecule has 0 amide bonds. The van der Waals surface area contributed by atoms with E-state index in [9.17, 15) is 26.8 Å². The third-order valence-corrected chi connectivity index (χ3v) is 5.28. The summed E-state index contributed by atoms with van der Waals surface area (Å²) in [6.45, 7) is 0.560. The highest BCUT2D eigenvalue weighted by molar-refractivity contribution is 7.88. The minimum atomic E-state index is -4.48. The second-order valence-electron chi connectivity index (χ2n) is 6.34. The zero-order chi connectivity index (χ0) is 21.9. The summed E-state index contributed by atoms with van der Waals surface area (Å²) in [6, 6.07) is 3.97. The van der Waals surface area contributed by atoms with E-state index < -0.39 is 21.8 Å². The largest absolute Gasteiger partial charge is 0.416 e. The van der Waals surface area contributed by atoms with E-state index in [1.54, 1.807) is 0 Å². The van der Waals surface area contributed by atoms with Gasteiger partial charge in [-0.2, -0.15) is 13.2 Å².